The van der Waals surface area contributed by atoms with Crippen molar-refractivity contribution >= 4 is 0 Å². The Morgan fingerprint density at radius 3 is 2.67 bits per heavy atom. The van der Waals surface area contributed by atoms with Crippen LogP contribution in [0.4, 0.5) is 0 Å². The van der Waals surface area contributed by atoms with Gasteiger partial charge in [0.1, 0.15) is 0 Å². The molecule has 0 aromatic carbocycles. The van der Waals surface area contributed by atoms with E-state index in [0.29, 0.717) is 6.10 Å². The topological polar surface area (TPSA) is 39.2 Å². The van der Waals surface area contributed by atoms with Gasteiger partial charge >= 0.3 is 0 Å². The van der Waals surface area contributed by atoms with Gasteiger partial charge in [0.2, 0.25) is 0 Å². The zero-order valence-electron chi connectivity index (χ0n) is 11.6. The predicted molar refractivity (Wildman–Crippen MR) is 71.8 cm³/mol. The van der Waals surface area contributed by atoms with Crippen LogP contribution in [-0.2, 0) is 4.74 Å². The molecule has 0 radical (unpaired) electrons. The second-order valence-corrected chi connectivity index (χ2v) is 5.47. The predicted octanol–water partition coefficient (Wildman–Crippen LogP) is -0.683. The molecule has 18 heavy (non-hydrogen) atoms. The Labute approximate surface area is 110 Å². The van der Waals surface area contributed by atoms with E-state index in [1.807, 2.05) is 0 Å². The minimum absolute atomic E-state index is 0.274. The molecule has 5 nitrogen and oxygen atoms in total. The van der Waals surface area contributed by atoms with Gasteiger partial charge in [0.05, 0.1) is 19.3 Å². The number of hydrogen-bond acceptors (Lipinski definition) is 5. The highest BCUT2D eigenvalue weighted by molar-refractivity contribution is 4.76. The molecule has 0 aliphatic carbocycles. The van der Waals surface area contributed by atoms with E-state index in [1.165, 1.54) is 6.42 Å². The fourth-order valence-electron chi connectivity index (χ4n) is 2.84. The molecule has 2 fully saturated rings. The van der Waals surface area contributed by atoms with Crippen molar-refractivity contribution in [1.29, 1.82) is 0 Å². The van der Waals surface area contributed by atoms with Gasteiger partial charge in [0.15, 0.2) is 0 Å². The Kier molecular flexibility index (Phi) is 5.85. The van der Waals surface area contributed by atoms with Crippen molar-refractivity contribution in [2.45, 2.75) is 12.5 Å². The van der Waals surface area contributed by atoms with E-state index in [2.05, 4.69) is 21.7 Å². The molecule has 0 saturated carbocycles. The third kappa shape index (κ3) is 4.48. The van der Waals surface area contributed by atoms with Gasteiger partial charge in [-0.15, -0.1) is 0 Å². The minimum Gasteiger partial charge on any atom is -0.395 e. The molecule has 2 saturated heterocycles. The highest BCUT2D eigenvalue weighted by Crippen LogP contribution is 2.08. The van der Waals surface area contributed by atoms with Crippen molar-refractivity contribution in [2.24, 2.45) is 0 Å². The summed E-state index contributed by atoms with van der Waals surface area (Å²) < 4.78 is 5.83. The van der Waals surface area contributed by atoms with Gasteiger partial charge in [-0.3, -0.25) is 9.80 Å². The molecule has 2 rings (SSSR count). The molecular formula is C13H27N3O2. The molecule has 0 bridgehead atoms. The highest BCUT2D eigenvalue weighted by atomic mass is 16.5. The fraction of sp³-hybridized carbons (Fsp3) is 1.00. The summed E-state index contributed by atoms with van der Waals surface area (Å²) in [6.45, 7) is 9.56. The van der Waals surface area contributed by atoms with Crippen molar-refractivity contribution in [1.82, 2.24) is 14.7 Å². The zero-order valence-corrected chi connectivity index (χ0v) is 11.6. The van der Waals surface area contributed by atoms with Gasteiger partial charge < -0.3 is 14.7 Å². The van der Waals surface area contributed by atoms with E-state index < -0.39 is 0 Å². The highest BCUT2D eigenvalue weighted by Gasteiger charge is 2.22. The number of aliphatic hydroxyl groups excluding tert-OH is 1. The average Bonchev–Trinajstić information content (AvgIpc) is 2.56. The number of hydrogen-bond donors (Lipinski definition) is 1. The van der Waals surface area contributed by atoms with Crippen LogP contribution in [0.3, 0.4) is 0 Å². The third-order valence-corrected chi connectivity index (χ3v) is 3.90. The van der Waals surface area contributed by atoms with Crippen LogP contribution in [0.1, 0.15) is 6.42 Å². The summed E-state index contributed by atoms with van der Waals surface area (Å²) in [6.07, 6.45) is 1.57. The lowest BCUT2D eigenvalue weighted by Crippen LogP contribution is -2.46. The summed E-state index contributed by atoms with van der Waals surface area (Å²) in [5, 5.41) is 8.99. The number of likely N-dealkylation sites (N-methyl/N-ethyl adjacent to an activating group) is 1. The normalized spacial score (nSPS) is 29.3. The summed E-state index contributed by atoms with van der Waals surface area (Å²) >= 11 is 0. The Morgan fingerprint density at radius 1 is 1.11 bits per heavy atom. The quantitative estimate of drug-likeness (QED) is 0.722. The summed E-state index contributed by atoms with van der Waals surface area (Å²) in [6, 6.07) is 0. The first-order valence-electron chi connectivity index (χ1n) is 7.13. The molecule has 106 valence electrons. The molecule has 0 aromatic heterocycles. The number of rotatable bonds is 4. The molecule has 0 aromatic rings. The molecule has 1 atom stereocenters. The van der Waals surface area contributed by atoms with Crippen molar-refractivity contribution in [3.8, 4) is 0 Å². The van der Waals surface area contributed by atoms with E-state index in [1.54, 1.807) is 0 Å². The first kappa shape index (κ1) is 14.2. The number of morpholine rings is 1. The summed E-state index contributed by atoms with van der Waals surface area (Å²) in [7, 11) is 2.17. The van der Waals surface area contributed by atoms with Crippen LogP contribution >= 0.6 is 0 Å². The maximum atomic E-state index is 8.99. The van der Waals surface area contributed by atoms with E-state index >= 15 is 0 Å². The first-order valence-corrected chi connectivity index (χ1v) is 7.13. The molecule has 1 unspecified atom stereocenters. The van der Waals surface area contributed by atoms with E-state index in [4.69, 9.17) is 9.84 Å². The number of aliphatic hydroxyl groups is 1. The molecule has 1 N–H and O–H groups in total. The molecule has 2 aliphatic heterocycles. The SMILES string of the molecule is CN1CCOC(CN2CCCN(CCO)CC2)C1. The fourth-order valence-corrected chi connectivity index (χ4v) is 2.84. The lowest BCUT2D eigenvalue weighted by molar-refractivity contribution is -0.0351. The molecule has 0 spiro atoms. The van der Waals surface area contributed by atoms with Gasteiger partial charge in [-0.25, -0.2) is 0 Å². The third-order valence-electron chi connectivity index (χ3n) is 3.90. The Morgan fingerprint density at radius 2 is 1.89 bits per heavy atom. The second-order valence-electron chi connectivity index (χ2n) is 5.47. The number of β-amino-alcohol motifs (C(OH)–C–C–N with tert-alkyl or cyclic N) is 1. The Bertz CT molecular complexity index is 240. The molecule has 2 aliphatic rings. The van der Waals surface area contributed by atoms with Gasteiger partial charge in [0.25, 0.3) is 0 Å². The monoisotopic (exact) mass is 257 g/mol. The first-order chi connectivity index (χ1) is 8.78. The molecule has 5 heteroatoms. The van der Waals surface area contributed by atoms with E-state index in [-0.39, 0.29) is 6.61 Å². The largest absolute Gasteiger partial charge is 0.395 e. The van der Waals surface area contributed by atoms with Gasteiger partial charge in [-0.2, -0.15) is 0 Å². The van der Waals surface area contributed by atoms with Gasteiger partial charge in [-0.05, 0) is 26.6 Å². The number of nitrogens with zero attached hydrogens (tertiary/aromatic N) is 3. The van der Waals surface area contributed by atoms with E-state index in [9.17, 15) is 0 Å². The van der Waals surface area contributed by atoms with Crippen LogP contribution in [0.25, 0.3) is 0 Å². The van der Waals surface area contributed by atoms with Crippen LogP contribution in [-0.4, -0.2) is 98.5 Å². The zero-order chi connectivity index (χ0) is 12.8. The minimum atomic E-state index is 0.274. The standard InChI is InChI=1S/C13H27N3O2/c1-14-8-10-18-13(11-14)12-16-4-2-3-15(5-6-16)7-9-17/h13,17H,2-12H2,1H3. The maximum Gasteiger partial charge on any atom is 0.0829 e. The molecule has 0 amide bonds. The van der Waals surface area contributed by atoms with Crippen LogP contribution in [0, 0.1) is 0 Å². The smallest absolute Gasteiger partial charge is 0.0829 e. The van der Waals surface area contributed by atoms with E-state index in [0.717, 1.165) is 59.0 Å². The lowest BCUT2D eigenvalue weighted by Gasteiger charge is -2.33. The summed E-state index contributed by atoms with van der Waals surface area (Å²) in [4.78, 5) is 7.22. The van der Waals surface area contributed by atoms with Crippen LogP contribution in [0.5, 0.6) is 0 Å². The number of ether oxygens (including phenoxy) is 1. The second kappa shape index (κ2) is 7.40. The van der Waals surface area contributed by atoms with Crippen LogP contribution < -0.4 is 0 Å². The summed E-state index contributed by atoms with van der Waals surface area (Å²) in [5.41, 5.74) is 0. The van der Waals surface area contributed by atoms with Gasteiger partial charge in [0, 0.05) is 39.3 Å². The summed E-state index contributed by atoms with van der Waals surface area (Å²) in [5.74, 6) is 0. The average molecular weight is 257 g/mol. The molecular weight excluding hydrogens is 230 g/mol. The van der Waals surface area contributed by atoms with Crippen molar-refractivity contribution in [3.63, 3.8) is 0 Å². The van der Waals surface area contributed by atoms with Crippen LogP contribution in [0.2, 0.25) is 0 Å². The van der Waals surface area contributed by atoms with Crippen molar-refractivity contribution in [3.05, 3.63) is 0 Å². The molecule has 2 heterocycles. The maximum absolute atomic E-state index is 8.99. The van der Waals surface area contributed by atoms with Crippen molar-refractivity contribution < 1.29 is 9.84 Å². The van der Waals surface area contributed by atoms with Crippen molar-refractivity contribution in [2.75, 3.05) is 72.6 Å². The Hall–Kier alpha value is -0.200. The van der Waals surface area contributed by atoms with Gasteiger partial charge in [-0.1, -0.05) is 0 Å². The van der Waals surface area contributed by atoms with Crippen LogP contribution in [0.15, 0.2) is 0 Å². The Balaban J connectivity index is 1.72. The lowest BCUT2D eigenvalue weighted by atomic mass is 10.2.